The van der Waals surface area contributed by atoms with Crippen molar-refractivity contribution in [3.8, 4) is 0 Å². The molecule has 0 atom stereocenters. The van der Waals surface area contributed by atoms with Crippen LogP contribution in [0.25, 0.3) is 6.08 Å². The van der Waals surface area contributed by atoms with Gasteiger partial charge in [-0.1, -0.05) is 30.3 Å². The molecule has 5 nitrogen and oxygen atoms in total. The maximum atomic E-state index is 12.8. The first-order chi connectivity index (χ1) is 13.0. The molecule has 2 N–H and O–H groups in total. The summed E-state index contributed by atoms with van der Waals surface area (Å²) in [5.41, 5.74) is 3.10. The van der Waals surface area contributed by atoms with Crippen LogP contribution in [0.4, 0.5) is 5.69 Å². The number of carbonyl (C=O) groups is 2. The first kappa shape index (κ1) is 18.2. The monoisotopic (exact) mass is 360 g/mol. The van der Waals surface area contributed by atoms with Crippen molar-refractivity contribution in [3.63, 3.8) is 0 Å². The van der Waals surface area contributed by atoms with E-state index in [-0.39, 0.29) is 11.6 Å². The molecule has 0 saturated carbocycles. The Labute approximate surface area is 157 Å². The van der Waals surface area contributed by atoms with Crippen molar-refractivity contribution < 1.29 is 14.0 Å². The van der Waals surface area contributed by atoms with Crippen molar-refractivity contribution >= 4 is 23.6 Å². The van der Waals surface area contributed by atoms with Crippen LogP contribution < -0.4 is 10.6 Å². The molecular weight excluding hydrogens is 340 g/mol. The molecule has 0 spiro atoms. The summed E-state index contributed by atoms with van der Waals surface area (Å²) in [6.07, 6.45) is 3.01. The summed E-state index contributed by atoms with van der Waals surface area (Å²) in [5, 5.41) is 5.50. The number of benzene rings is 2. The lowest BCUT2D eigenvalue weighted by Crippen LogP contribution is -2.31. The number of aryl methyl sites for hydroxylation is 2. The molecule has 0 radical (unpaired) electrons. The predicted octanol–water partition coefficient (Wildman–Crippen LogP) is 4.31. The smallest absolute Gasteiger partial charge is 0.272 e. The SMILES string of the molecule is Cc1cccc(NC(=O)/C(=C/c2ccco2)NC(=O)c2ccccc2C)c1. The number of furan rings is 1. The minimum Gasteiger partial charge on any atom is -0.465 e. The Morgan fingerprint density at radius 3 is 2.48 bits per heavy atom. The van der Waals surface area contributed by atoms with Crippen molar-refractivity contribution in [1.82, 2.24) is 5.32 Å². The fourth-order valence-corrected chi connectivity index (χ4v) is 2.61. The van der Waals surface area contributed by atoms with Gasteiger partial charge in [-0.15, -0.1) is 0 Å². The molecular formula is C22H20N2O3. The first-order valence-corrected chi connectivity index (χ1v) is 8.53. The average molecular weight is 360 g/mol. The van der Waals surface area contributed by atoms with Crippen molar-refractivity contribution in [2.45, 2.75) is 13.8 Å². The Morgan fingerprint density at radius 1 is 0.963 bits per heavy atom. The normalized spacial score (nSPS) is 11.1. The number of hydrogen-bond acceptors (Lipinski definition) is 3. The van der Waals surface area contributed by atoms with E-state index in [9.17, 15) is 9.59 Å². The molecule has 0 bridgehead atoms. The highest BCUT2D eigenvalue weighted by Gasteiger charge is 2.16. The lowest BCUT2D eigenvalue weighted by Gasteiger charge is -2.12. The summed E-state index contributed by atoms with van der Waals surface area (Å²) in [4.78, 5) is 25.4. The van der Waals surface area contributed by atoms with Crippen LogP contribution in [0.1, 0.15) is 27.2 Å². The van der Waals surface area contributed by atoms with E-state index in [4.69, 9.17) is 4.42 Å². The number of carbonyl (C=O) groups excluding carboxylic acids is 2. The van der Waals surface area contributed by atoms with E-state index in [1.54, 1.807) is 30.3 Å². The lowest BCUT2D eigenvalue weighted by molar-refractivity contribution is -0.113. The van der Waals surface area contributed by atoms with Crippen LogP contribution in [0.3, 0.4) is 0 Å². The van der Waals surface area contributed by atoms with E-state index < -0.39 is 5.91 Å². The summed E-state index contributed by atoms with van der Waals surface area (Å²) in [5.74, 6) is -0.321. The molecule has 27 heavy (non-hydrogen) atoms. The number of hydrogen-bond donors (Lipinski definition) is 2. The van der Waals surface area contributed by atoms with Gasteiger partial charge in [-0.3, -0.25) is 9.59 Å². The molecule has 3 aromatic rings. The van der Waals surface area contributed by atoms with Crippen LogP contribution in [-0.4, -0.2) is 11.8 Å². The summed E-state index contributed by atoms with van der Waals surface area (Å²) >= 11 is 0. The minimum absolute atomic E-state index is 0.0970. The zero-order valence-electron chi connectivity index (χ0n) is 15.2. The Balaban J connectivity index is 1.86. The molecule has 0 fully saturated rings. The molecule has 2 amide bonds. The molecule has 2 aromatic carbocycles. The maximum Gasteiger partial charge on any atom is 0.272 e. The van der Waals surface area contributed by atoms with Crippen LogP contribution in [0.15, 0.2) is 77.0 Å². The molecule has 0 aliphatic carbocycles. The Kier molecular flexibility index (Phi) is 5.52. The molecule has 3 rings (SSSR count). The van der Waals surface area contributed by atoms with Crippen molar-refractivity contribution in [2.24, 2.45) is 0 Å². The van der Waals surface area contributed by atoms with Crippen LogP contribution in [0.2, 0.25) is 0 Å². The zero-order chi connectivity index (χ0) is 19.2. The summed E-state index contributed by atoms with van der Waals surface area (Å²) in [7, 11) is 0. The number of amides is 2. The molecule has 0 aliphatic heterocycles. The fraction of sp³-hybridized carbons (Fsp3) is 0.0909. The van der Waals surface area contributed by atoms with Crippen molar-refractivity contribution in [1.29, 1.82) is 0 Å². The van der Waals surface area contributed by atoms with Gasteiger partial charge >= 0.3 is 0 Å². The molecule has 0 saturated heterocycles. The standard InChI is InChI=1S/C22H20N2O3/c1-15-7-5-9-17(13-15)23-22(26)20(14-18-10-6-12-27-18)24-21(25)19-11-4-3-8-16(19)2/h3-14H,1-2H3,(H,23,26)(H,24,25)/b20-14-. The van der Waals surface area contributed by atoms with Gasteiger partial charge in [-0.05, 0) is 55.3 Å². The first-order valence-electron chi connectivity index (χ1n) is 8.53. The molecule has 0 aliphatic rings. The summed E-state index contributed by atoms with van der Waals surface area (Å²) < 4.78 is 5.29. The van der Waals surface area contributed by atoms with E-state index in [1.165, 1.54) is 12.3 Å². The summed E-state index contributed by atoms with van der Waals surface area (Å²) in [6.45, 7) is 3.78. The van der Waals surface area contributed by atoms with Crippen LogP contribution in [0, 0.1) is 13.8 Å². The third kappa shape index (κ3) is 4.73. The fourth-order valence-electron chi connectivity index (χ4n) is 2.61. The summed E-state index contributed by atoms with van der Waals surface area (Å²) in [6, 6.07) is 18.1. The van der Waals surface area contributed by atoms with Crippen LogP contribution in [-0.2, 0) is 4.79 Å². The van der Waals surface area contributed by atoms with Gasteiger partial charge in [0.2, 0.25) is 0 Å². The minimum atomic E-state index is -0.432. The topological polar surface area (TPSA) is 71.3 Å². The quantitative estimate of drug-likeness (QED) is 0.666. The number of rotatable bonds is 5. The Hall–Kier alpha value is -3.60. The van der Waals surface area contributed by atoms with E-state index in [0.717, 1.165) is 11.1 Å². The molecule has 1 aromatic heterocycles. The molecule has 0 unspecified atom stereocenters. The van der Waals surface area contributed by atoms with Crippen LogP contribution >= 0.6 is 0 Å². The average Bonchev–Trinajstić information content (AvgIpc) is 3.14. The lowest BCUT2D eigenvalue weighted by atomic mass is 10.1. The van der Waals surface area contributed by atoms with Gasteiger partial charge in [0.1, 0.15) is 11.5 Å². The van der Waals surface area contributed by atoms with E-state index in [1.807, 2.05) is 44.2 Å². The third-order valence-electron chi connectivity index (χ3n) is 3.99. The zero-order valence-corrected chi connectivity index (χ0v) is 15.2. The second-order valence-corrected chi connectivity index (χ2v) is 6.17. The predicted molar refractivity (Wildman–Crippen MR) is 105 cm³/mol. The highest BCUT2D eigenvalue weighted by Crippen LogP contribution is 2.14. The molecule has 1 heterocycles. The van der Waals surface area contributed by atoms with Gasteiger partial charge in [-0.25, -0.2) is 0 Å². The largest absolute Gasteiger partial charge is 0.465 e. The van der Waals surface area contributed by atoms with Crippen molar-refractivity contribution in [3.05, 3.63) is 95.1 Å². The van der Waals surface area contributed by atoms with Gasteiger partial charge in [0, 0.05) is 17.3 Å². The van der Waals surface area contributed by atoms with Gasteiger partial charge in [0.05, 0.1) is 6.26 Å². The molecule has 136 valence electrons. The highest BCUT2D eigenvalue weighted by atomic mass is 16.3. The van der Waals surface area contributed by atoms with Crippen molar-refractivity contribution in [2.75, 3.05) is 5.32 Å². The number of nitrogens with one attached hydrogen (secondary N) is 2. The highest BCUT2D eigenvalue weighted by molar-refractivity contribution is 6.10. The Bertz CT molecular complexity index is 988. The van der Waals surface area contributed by atoms with E-state index in [0.29, 0.717) is 17.0 Å². The van der Waals surface area contributed by atoms with Gasteiger partial charge in [-0.2, -0.15) is 0 Å². The van der Waals surface area contributed by atoms with E-state index in [2.05, 4.69) is 10.6 Å². The van der Waals surface area contributed by atoms with E-state index >= 15 is 0 Å². The van der Waals surface area contributed by atoms with Crippen LogP contribution in [0.5, 0.6) is 0 Å². The van der Waals surface area contributed by atoms with Gasteiger partial charge < -0.3 is 15.1 Å². The molecule has 5 heteroatoms. The Morgan fingerprint density at radius 2 is 1.78 bits per heavy atom. The van der Waals surface area contributed by atoms with Gasteiger partial charge in [0.15, 0.2) is 0 Å². The second kappa shape index (κ2) is 8.19. The van der Waals surface area contributed by atoms with Gasteiger partial charge in [0.25, 0.3) is 11.8 Å². The maximum absolute atomic E-state index is 12.8. The third-order valence-corrected chi connectivity index (χ3v) is 3.99. The number of anilines is 1. The second-order valence-electron chi connectivity index (χ2n) is 6.17.